The molecule has 0 spiro atoms. The average molecular weight is 302 g/mol. The van der Waals surface area contributed by atoms with Crippen LogP contribution in [0.15, 0.2) is 18.2 Å². The van der Waals surface area contributed by atoms with E-state index in [-0.39, 0.29) is 17.0 Å². The van der Waals surface area contributed by atoms with Gasteiger partial charge in [0.1, 0.15) is 0 Å². The van der Waals surface area contributed by atoms with Crippen LogP contribution in [0.2, 0.25) is 0 Å². The number of ether oxygens (including phenoxy) is 1. The number of aromatic carboxylic acids is 1. The molecule has 6 heteroatoms. The van der Waals surface area contributed by atoms with E-state index in [1.807, 2.05) is 0 Å². The van der Waals surface area contributed by atoms with Gasteiger partial charge in [-0.2, -0.15) is 0 Å². The number of nitro groups is 1. The quantitative estimate of drug-likeness (QED) is 0.482. The molecule has 1 aromatic rings. The van der Waals surface area contributed by atoms with E-state index in [1.54, 1.807) is 6.92 Å². The Labute approximate surface area is 128 Å². The van der Waals surface area contributed by atoms with E-state index < -0.39 is 16.5 Å². The fraction of sp³-hybridized carbons (Fsp3) is 0.438. The topological polar surface area (TPSA) is 92.5 Å². The van der Waals surface area contributed by atoms with E-state index in [1.165, 1.54) is 0 Å². The second-order valence-corrected chi connectivity index (χ2v) is 5.26. The smallest absolute Gasteiger partial charge is 0.311 e. The maximum atomic E-state index is 11.1. The molecule has 1 saturated carbocycles. The SMILES string of the molecule is CC#CC1(Oc2cc(C(=O)[O-])ccc2[N+](=O)[O-])CCCCC1. The van der Waals surface area contributed by atoms with Crippen molar-refractivity contribution in [3.05, 3.63) is 33.9 Å². The number of benzene rings is 1. The molecule has 6 nitrogen and oxygen atoms in total. The molecule has 22 heavy (non-hydrogen) atoms. The summed E-state index contributed by atoms with van der Waals surface area (Å²) in [7, 11) is 0. The summed E-state index contributed by atoms with van der Waals surface area (Å²) < 4.78 is 5.86. The van der Waals surface area contributed by atoms with Crippen molar-refractivity contribution in [3.8, 4) is 17.6 Å². The summed E-state index contributed by atoms with van der Waals surface area (Å²) in [6, 6.07) is 3.40. The van der Waals surface area contributed by atoms with Gasteiger partial charge in [0.2, 0.25) is 0 Å². The van der Waals surface area contributed by atoms with Gasteiger partial charge in [-0.05, 0) is 44.7 Å². The van der Waals surface area contributed by atoms with Gasteiger partial charge in [0, 0.05) is 11.6 Å². The molecule has 0 radical (unpaired) electrons. The first kappa shape index (κ1) is 15.8. The standard InChI is InChI=1S/C16H17NO5/c1-2-8-16(9-4-3-5-10-16)22-14-11-12(15(18)19)6-7-13(14)17(20)21/h6-7,11H,3-5,9-10H2,1H3,(H,18,19)/p-1. The number of nitrogens with zero attached hydrogens (tertiary/aromatic N) is 1. The molecule has 0 aliphatic heterocycles. The maximum Gasteiger partial charge on any atom is 0.311 e. The lowest BCUT2D eigenvalue weighted by Crippen LogP contribution is -2.37. The van der Waals surface area contributed by atoms with E-state index >= 15 is 0 Å². The van der Waals surface area contributed by atoms with Gasteiger partial charge in [0.05, 0.1) is 10.9 Å². The summed E-state index contributed by atoms with van der Waals surface area (Å²) in [4.78, 5) is 21.5. The van der Waals surface area contributed by atoms with Gasteiger partial charge in [0.15, 0.2) is 11.4 Å². The molecule has 1 fully saturated rings. The van der Waals surface area contributed by atoms with Crippen LogP contribution in [0.25, 0.3) is 0 Å². The zero-order chi connectivity index (χ0) is 16.2. The van der Waals surface area contributed by atoms with Crippen molar-refractivity contribution in [2.45, 2.75) is 44.6 Å². The Kier molecular flexibility index (Phi) is 4.66. The molecule has 0 aromatic heterocycles. The summed E-state index contributed by atoms with van der Waals surface area (Å²) in [5, 5.41) is 22.1. The highest BCUT2D eigenvalue weighted by Gasteiger charge is 2.34. The third-order valence-corrected chi connectivity index (χ3v) is 3.71. The van der Waals surface area contributed by atoms with Crippen LogP contribution < -0.4 is 9.84 Å². The molecule has 0 unspecified atom stereocenters. The highest BCUT2D eigenvalue weighted by Crippen LogP contribution is 2.37. The van der Waals surface area contributed by atoms with Crippen molar-refractivity contribution in [2.75, 3.05) is 0 Å². The van der Waals surface area contributed by atoms with E-state index in [4.69, 9.17) is 4.74 Å². The molecule has 1 aliphatic rings. The monoisotopic (exact) mass is 302 g/mol. The largest absolute Gasteiger partial charge is 0.545 e. The van der Waals surface area contributed by atoms with Crippen LogP contribution in [-0.4, -0.2) is 16.5 Å². The van der Waals surface area contributed by atoms with Gasteiger partial charge in [-0.3, -0.25) is 10.1 Å². The number of carbonyl (C=O) groups excluding carboxylic acids is 1. The normalized spacial score (nSPS) is 16.2. The third kappa shape index (κ3) is 3.37. The predicted octanol–water partition coefficient (Wildman–Crippen LogP) is 2.06. The number of rotatable bonds is 4. The summed E-state index contributed by atoms with van der Waals surface area (Å²) in [6.07, 6.45) is 4.24. The number of carboxylic acid groups (broad SMARTS) is 1. The summed E-state index contributed by atoms with van der Waals surface area (Å²) in [6.45, 7) is 1.69. The van der Waals surface area contributed by atoms with Crippen LogP contribution in [0.4, 0.5) is 5.69 Å². The van der Waals surface area contributed by atoms with Gasteiger partial charge in [-0.15, -0.1) is 5.92 Å². The third-order valence-electron chi connectivity index (χ3n) is 3.71. The van der Waals surface area contributed by atoms with Crippen LogP contribution in [-0.2, 0) is 0 Å². The van der Waals surface area contributed by atoms with E-state index in [0.717, 1.165) is 37.5 Å². The molecular formula is C16H16NO5-. The Hall–Kier alpha value is -2.55. The number of carboxylic acids is 1. The Bertz CT molecular complexity index is 650. The minimum Gasteiger partial charge on any atom is -0.545 e. The molecule has 0 heterocycles. The minimum atomic E-state index is -1.40. The van der Waals surface area contributed by atoms with Gasteiger partial charge >= 0.3 is 5.69 Å². The van der Waals surface area contributed by atoms with Crippen molar-refractivity contribution in [2.24, 2.45) is 0 Å². The second-order valence-electron chi connectivity index (χ2n) is 5.26. The van der Waals surface area contributed by atoms with Crippen LogP contribution in [0.3, 0.4) is 0 Å². The fourth-order valence-electron chi connectivity index (χ4n) is 2.69. The Balaban J connectivity index is 2.43. The summed E-state index contributed by atoms with van der Waals surface area (Å²) in [5.41, 5.74) is -1.22. The first-order valence-corrected chi connectivity index (χ1v) is 7.10. The Morgan fingerprint density at radius 2 is 2.00 bits per heavy atom. The maximum absolute atomic E-state index is 11.1. The van der Waals surface area contributed by atoms with E-state index in [0.29, 0.717) is 12.8 Å². The van der Waals surface area contributed by atoms with E-state index in [9.17, 15) is 20.0 Å². The second kappa shape index (κ2) is 6.48. The molecule has 2 rings (SSSR count). The lowest BCUT2D eigenvalue weighted by Gasteiger charge is -2.33. The number of carbonyl (C=O) groups is 1. The van der Waals surface area contributed by atoms with Crippen LogP contribution >= 0.6 is 0 Å². The highest BCUT2D eigenvalue weighted by atomic mass is 16.6. The molecular weight excluding hydrogens is 286 g/mol. The first-order valence-electron chi connectivity index (χ1n) is 7.10. The Morgan fingerprint density at radius 1 is 1.32 bits per heavy atom. The highest BCUT2D eigenvalue weighted by molar-refractivity contribution is 5.87. The van der Waals surface area contributed by atoms with Crippen molar-refractivity contribution in [1.82, 2.24) is 0 Å². The molecule has 1 aromatic carbocycles. The molecule has 0 saturated heterocycles. The lowest BCUT2D eigenvalue weighted by molar-refractivity contribution is -0.386. The first-order chi connectivity index (χ1) is 10.5. The van der Waals surface area contributed by atoms with Crippen molar-refractivity contribution in [1.29, 1.82) is 0 Å². The van der Waals surface area contributed by atoms with Crippen LogP contribution in [0, 0.1) is 22.0 Å². The lowest BCUT2D eigenvalue weighted by atomic mass is 9.85. The van der Waals surface area contributed by atoms with Crippen molar-refractivity contribution in [3.63, 3.8) is 0 Å². The number of hydrogen-bond donors (Lipinski definition) is 0. The van der Waals surface area contributed by atoms with E-state index in [2.05, 4.69) is 11.8 Å². The zero-order valence-corrected chi connectivity index (χ0v) is 12.3. The summed E-state index contributed by atoms with van der Waals surface area (Å²) >= 11 is 0. The van der Waals surface area contributed by atoms with Crippen molar-refractivity contribution >= 4 is 11.7 Å². The van der Waals surface area contributed by atoms with Gasteiger partial charge < -0.3 is 14.6 Å². The molecule has 116 valence electrons. The molecule has 0 atom stereocenters. The number of nitro benzene ring substituents is 1. The summed E-state index contributed by atoms with van der Waals surface area (Å²) in [5.74, 6) is 4.34. The molecule has 1 aliphatic carbocycles. The van der Waals surface area contributed by atoms with Gasteiger partial charge in [-0.25, -0.2) is 0 Å². The molecule has 0 amide bonds. The Morgan fingerprint density at radius 3 is 2.55 bits per heavy atom. The van der Waals surface area contributed by atoms with Gasteiger partial charge in [0.25, 0.3) is 0 Å². The van der Waals surface area contributed by atoms with Crippen molar-refractivity contribution < 1.29 is 19.6 Å². The zero-order valence-electron chi connectivity index (χ0n) is 12.3. The molecule has 0 N–H and O–H groups in total. The fourth-order valence-corrected chi connectivity index (χ4v) is 2.69. The van der Waals surface area contributed by atoms with Crippen LogP contribution in [0.1, 0.15) is 49.4 Å². The van der Waals surface area contributed by atoms with Gasteiger partial charge in [-0.1, -0.05) is 12.3 Å². The minimum absolute atomic E-state index is 0.0728. The average Bonchev–Trinajstić information content (AvgIpc) is 2.48. The predicted molar refractivity (Wildman–Crippen MR) is 77.3 cm³/mol. The molecule has 0 bridgehead atoms. The number of hydrogen-bond acceptors (Lipinski definition) is 5. The van der Waals surface area contributed by atoms with Crippen LogP contribution in [0.5, 0.6) is 5.75 Å².